The highest BCUT2D eigenvalue weighted by Crippen LogP contribution is 2.26. The fraction of sp³-hybridized carbons (Fsp3) is 0.417. The van der Waals surface area contributed by atoms with Crippen molar-refractivity contribution in [2.24, 2.45) is 0 Å². The van der Waals surface area contributed by atoms with Crippen molar-refractivity contribution < 1.29 is 9.59 Å². The molecule has 1 saturated carbocycles. The number of rotatable bonds is 8. The lowest BCUT2D eigenvalue weighted by molar-refractivity contribution is -0.139. The van der Waals surface area contributed by atoms with Gasteiger partial charge in [0, 0.05) is 17.6 Å². The Morgan fingerprint density at radius 1 is 1.00 bits per heavy atom. The number of alkyl halides is 1. The number of carbonyl (C=O) groups excluding carboxylic acids is 2. The summed E-state index contributed by atoms with van der Waals surface area (Å²) in [6.45, 7) is 0.404. The molecule has 6 heteroatoms. The van der Waals surface area contributed by atoms with Crippen LogP contribution in [0.2, 0.25) is 5.02 Å². The van der Waals surface area contributed by atoms with Gasteiger partial charge in [-0.05, 0) is 42.5 Å². The molecule has 4 nitrogen and oxygen atoms in total. The van der Waals surface area contributed by atoms with Crippen LogP contribution < -0.4 is 5.32 Å². The van der Waals surface area contributed by atoms with Gasteiger partial charge in [-0.2, -0.15) is 0 Å². The number of benzene rings is 2. The van der Waals surface area contributed by atoms with E-state index in [1.165, 1.54) is 6.42 Å². The molecule has 0 heterocycles. The number of halogens is 2. The van der Waals surface area contributed by atoms with Crippen LogP contribution in [0.1, 0.15) is 49.3 Å². The maximum Gasteiger partial charge on any atom is 0.247 e. The van der Waals surface area contributed by atoms with Gasteiger partial charge in [0.1, 0.15) is 11.9 Å². The molecule has 1 aliphatic carbocycles. The van der Waals surface area contributed by atoms with Gasteiger partial charge in [-0.1, -0.05) is 73.3 Å². The van der Waals surface area contributed by atoms with Gasteiger partial charge >= 0.3 is 0 Å². The van der Waals surface area contributed by atoms with Crippen LogP contribution in [0, 0.1) is 0 Å². The SMILES string of the molecule is O=C(NC1CCCCC1)[C@@H](c1ccc(Cl)cc1)N(CCc1ccccc1)C(=O)CCl. The molecule has 0 bridgehead atoms. The number of hydrogen-bond acceptors (Lipinski definition) is 2. The maximum absolute atomic E-state index is 13.4. The normalized spacial score (nSPS) is 15.4. The lowest BCUT2D eigenvalue weighted by Crippen LogP contribution is -2.48. The predicted molar refractivity (Wildman–Crippen MR) is 122 cm³/mol. The lowest BCUT2D eigenvalue weighted by atomic mass is 9.94. The van der Waals surface area contributed by atoms with E-state index in [0.717, 1.165) is 36.8 Å². The highest BCUT2D eigenvalue weighted by Gasteiger charge is 2.32. The largest absolute Gasteiger partial charge is 0.351 e. The Balaban J connectivity index is 1.86. The molecule has 0 aliphatic heterocycles. The van der Waals surface area contributed by atoms with Gasteiger partial charge in [-0.25, -0.2) is 0 Å². The topological polar surface area (TPSA) is 49.4 Å². The Labute approximate surface area is 188 Å². The Morgan fingerprint density at radius 2 is 1.67 bits per heavy atom. The van der Waals surface area contributed by atoms with Gasteiger partial charge in [0.05, 0.1) is 0 Å². The molecule has 30 heavy (non-hydrogen) atoms. The standard InChI is InChI=1S/C24H28Cl2N2O2/c25-17-22(29)28(16-15-18-7-3-1-4-8-18)23(19-11-13-20(26)14-12-19)24(30)27-21-9-5-2-6-10-21/h1,3-4,7-8,11-14,21,23H,2,5-6,9-10,15-17H2,(H,27,30)/t23-/m1/s1. The average Bonchev–Trinajstić information content (AvgIpc) is 2.78. The third-order valence-electron chi connectivity index (χ3n) is 5.62. The molecule has 2 aromatic carbocycles. The van der Waals surface area contributed by atoms with E-state index in [1.54, 1.807) is 17.0 Å². The summed E-state index contributed by atoms with van der Waals surface area (Å²) >= 11 is 12.0. The first-order valence-corrected chi connectivity index (χ1v) is 11.4. The zero-order valence-corrected chi connectivity index (χ0v) is 18.5. The second-order valence-corrected chi connectivity index (χ2v) is 8.46. The molecular formula is C24H28Cl2N2O2. The van der Waals surface area contributed by atoms with Crippen molar-refractivity contribution in [2.45, 2.75) is 50.6 Å². The first-order valence-electron chi connectivity index (χ1n) is 10.5. The van der Waals surface area contributed by atoms with E-state index in [2.05, 4.69) is 5.32 Å². The van der Waals surface area contributed by atoms with Crippen LogP contribution in [0.25, 0.3) is 0 Å². The number of nitrogens with one attached hydrogen (secondary N) is 1. The van der Waals surface area contributed by atoms with Gasteiger partial charge in [-0.15, -0.1) is 11.6 Å². The summed E-state index contributed by atoms with van der Waals surface area (Å²) in [5.74, 6) is -0.586. The molecule has 2 amide bonds. The van der Waals surface area contributed by atoms with E-state index in [0.29, 0.717) is 18.0 Å². The van der Waals surface area contributed by atoms with E-state index in [9.17, 15) is 9.59 Å². The number of nitrogens with zero attached hydrogens (tertiary/aromatic N) is 1. The molecule has 1 N–H and O–H groups in total. The van der Waals surface area contributed by atoms with Crippen molar-refractivity contribution in [3.8, 4) is 0 Å². The number of hydrogen-bond donors (Lipinski definition) is 1. The summed E-state index contributed by atoms with van der Waals surface area (Å²) in [5.41, 5.74) is 1.84. The van der Waals surface area contributed by atoms with Crippen LogP contribution in [-0.4, -0.2) is 35.2 Å². The van der Waals surface area contributed by atoms with Gasteiger partial charge in [0.25, 0.3) is 0 Å². The smallest absolute Gasteiger partial charge is 0.247 e. The highest BCUT2D eigenvalue weighted by molar-refractivity contribution is 6.30. The van der Waals surface area contributed by atoms with Crippen LogP contribution >= 0.6 is 23.2 Å². The zero-order chi connectivity index (χ0) is 21.3. The van der Waals surface area contributed by atoms with Gasteiger partial charge in [0.15, 0.2) is 0 Å². The Morgan fingerprint density at radius 3 is 2.30 bits per heavy atom. The molecule has 0 aromatic heterocycles. The third-order valence-corrected chi connectivity index (χ3v) is 6.10. The molecular weight excluding hydrogens is 419 g/mol. The van der Waals surface area contributed by atoms with Crippen LogP contribution in [-0.2, 0) is 16.0 Å². The number of amides is 2. The summed E-state index contributed by atoms with van der Waals surface area (Å²) < 4.78 is 0. The number of carbonyl (C=O) groups is 2. The second-order valence-electron chi connectivity index (χ2n) is 7.75. The summed E-state index contributed by atoms with van der Waals surface area (Å²) in [6, 6.07) is 16.5. The molecule has 0 radical (unpaired) electrons. The lowest BCUT2D eigenvalue weighted by Gasteiger charge is -2.33. The van der Waals surface area contributed by atoms with Crippen LogP contribution in [0.4, 0.5) is 0 Å². The first-order chi connectivity index (χ1) is 14.6. The molecule has 160 valence electrons. The van der Waals surface area contributed by atoms with Gasteiger partial charge in [0.2, 0.25) is 11.8 Å². The van der Waals surface area contributed by atoms with Gasteiger partial charge in [-0.3, -0.25) is 9.59 Å². The van der Waals surface area contributed by atoms with E-state index in [4.69, 9.17) is 23.2 Å². The molecule has 1 fully saturated rings. The Bertz CT molecular complexity index is 821. The minimum Gasteiger partial charge on any atom is -0.351 e. The average molecular weight is 447 g/mol. The van der Waals surface area contributed by atoms with Crippen molar-refractivity contribution in [3.05, 3.63) is 70.7 Å². The molecule has 1 atom stereocenters. The van der Waals surface area contributed by atoms with E-state index < -0.39 is 6.04 Å². The summed E-state index contributed by atoms with van der Waals surface area (Å²) in [7, 11) is 0. The first kappa shape index (κ1) is 22.6. The van der Waals surface area contributed by atoms with Crippen molar-refractivity contribution in [3.63, 3.8) is 0 Å². The molecule has 0 spiro atoms. The molecule has 1 aliphatic rings. The minimum absolute atomic E-state index is 0.156. The monoisotopic (exact) mass is 446 g/mol. The van der Waals surface area contributed by atoms with Crippen molar-refractivity contribution in [2.75, 3.05) is 12.4 Å². The van der Waals surface area contributed by atoms with E-state index >= 15 is 0 Å². The van der Waals surface area contributed by atoms with E-state index in [1.807, 2.05) is 42.5 Å². The zero-order valence-electron chi connectivity index (χ0n) is 17.0. The van der Waals surface area contributed by atoms with Crippen molar-refractivity contribution >= 4 is 35.0 Å². The summed E-state index contributed by atoms with van der Waals surface area (Å²) in [6.07, 6.45) is 6.05. The van der Waals surface area contributed by atoms with Crippen LogP contribution in [0.15, 0.2) is 54.6 Å². The summed E-state index contributed by atoms with van der Waals surface area (Å²) in [5, 5.41) is 3.77. The minimum atomic E-state index is -0.737. The predicted octanol–water partition coefficient (Wildman–Crippen LogP) is 5.14. The Kier molecular flexibility index (Phi) is 8.59. The fourth-order valence-corrected chi connectivity index (χ4v) is 4.29. The third kappa shape index (κ3) is 6.23. The fourth-order valence-electron chi connectivity index (χ4n) is 4.01. The van der Waals surface area contributed by atoms with Crippen molar-refractivity contribution in [1.29, 1.82) is 0 Å². The maximum atomic E-state index is 13.4. The molecule has 0 unspecified atom stereocenters. The molecule has 0 saturated heterocycles. The van der Waals surface area contributed by atoms with E-state index in [-0.39, 0.29) is 23.7 Å². The highest BCUT2D eigenvalue weighted by atomic mass is 35.5. The Hall–Kier alpha value is -2.04. The molecule has 3 rings (SSSR count). The van der Waals surface area contributed by atoms with Crippen molar-refractivity contribution in [1.82, 2.24) is 10.2 Å². The van der Waals surface area contributed by atoms with Crippen LogP contribution in [0.3, 0.4) is 0 Å². The second kappa shape index (κ2) is 11.4. The molecule has 2 aromatic rings. The quantitative estimate of drug-likeness (QED) is 0.570. The van der Waals surface area contributed by atoms with Gasteiger partial charge < -0.3 is 10.2 Å². The van der Waals surface area contributed by atoms with Crippen LogP contribution in [0.5, 0.6) is 0 Å². The summed E-state index contributed by atoms with van der Waals surface area (Å²) in [4.78, 5) is 27.8.